The number of hydrogen-bond donors (Lipinski definition) is 1. The molecule has 0 fully saturated rings. The average molecular weight is 360 g/mol. The van der Waals surface area contributed by atoms with E-state index in [9.17, 15) is 23.3 Å². The molecule has 25 heavy (non-hydrogen) atoms. The smallest absolute Gasteiger partial charge is 0.272 e. The maximum Gasteiger partial charge on any atom is 0.272 e. The summed E-state index contributed by atoms with van der Waals surface area (Å²) in [6, 6.07) is 10.7. The minimum atomic E-state index is -3.38. The zero-order chi connectivity index (χ0) is 18.6. The number of anilines is 1. The zero-order valence-electron chi connectivity index (χ0n) is 13.6. The van der Waals surface area contributed by atoms with E-state index < -0.39 is 14.9 Å². The zero-order valence-corrected chi connectivity index (χ0v) is 14.4. The van der Waals surface area contributed by atoms with E-state index in [2.05, 4.69) is 4.72 Å². The fraction of sp³-hybridized carbons (Fsp3) is 0.118. The Balaban J connectivity index is 2.15. The van der Waals surface area contributed by atoms with Gasteiger partial charge in [-0.25, -0.2) is 8.42 Å². The molecule has 0 radical (unpaired) electrons. The Kier molecular flexibility index (Phi) is 5.33. The van der Waals surface area contributed by atoms with Gasteiger partial charge in [-0.3, -0.25) is 19.6 Å². The number of ketones is 1. The molecular weight excluding hydrogens is 344 g/mol. The molecule has 0 aliphatic carbocycles. The van der Waals surface area contributed by atoms with Crippen molar-refractivity contribution >= 4 is 33.3 Å². The molecule has 0 heterocycles. The van der Waals surface area contributed by atoms with Crippen LogP contribution in [-0.4, -0.2) is 25.4 Å². The first-order valence-electron chi connectivity index (χ1n) is 7.21. The number of aryl methyl sites for hydroxylation is 1. The number of nitro groups is 1. The maximum absolute atomic E-state index is 12.1. The van der Waals surface area contributed by atoms with Crippen LogP contribution in [0.5, 0.6) is 0 Å². The molecule has 2 aromatic rings. The fourth-order valence-electron chi connectivity index (χ4n) is 2.11. The van der Waals surface area contributed by atoms with E-state index in [1.807, 2.05) is 0 Å². The van der Waals surface area contributed by atoms with Crippen molar-refractivity contribution in [2.45, 2.75) is 6.92 Å². The number of nitrogens with zero attached hydrogens (tertiary/aromatic N) is 1. The van der Waals surface area contributed by atoms with Crippen molar-refractivity contribution in [1.82, 2.24) is 0 Å². The highest BCUT2D eigenvalue weighted by Crippen LogP contribution is 2.20. The number of sulfonamides is 1. The van der Waals surface area contributed by atoms with E-state index in [0.717, 1.165) is 6.26 Å². The first-order chi connectivity index (χ1) is 11.7. The second kappa shape index (κ2) is 7.27. The molecule has 8 heteroatoms. The number of carbonyl (C=O) groups excluding carboxylic acids is 1. The number of benzene rings is 2. The molecule has 2 aromatic carbocycles. The molecule has 1 N–H and O–H groups in total. The summed E-state index contributed by atoms with van der Waals surface area (Å²) in [6.45, 7) is 1.64. The molecule has 0 bridgehead atoms. The van der Waals surface area contributed by atoms with Gasteiger partial charge in [0, 0.05) is 22.9 Å². The van der Waals surface area contributed by atoms with Crippen molar-refractivity contribution < 1.29 is 18.1 Å². The van der Waals surface area contributed by atoms with Crippen LogP contribution < -0.4 is 4.72 Å². The second-order valence-corrected chi connectivity index (χ2v) is 7.20. The third-order valence-corrected chi connectivity index (χ3v) is 3.94. The van der Waals surface area contributed by atoms with Crippen molar-refractivity contribution in [2.75, 3.05) is 11.0 Å². The normalized spacial score (nSPS) is 11.4. The summed E-state index contributed by atoms with van der Waals surface area (Å²) in [6.07, 6.45) is 3.85. The summed E-state index contributed by atoms with van der Waals surface area (Å²) < 4.78 is 24.6. The van der Waals surface area contributed by atoms with Crippen LogP contribution in [0.25, 0.3) is 6.08 Å². The average Bonchev–Trinajstić information content (AvgIpc) is 2.52. The summed E-state index contributed by atoms with van der Waals surface area (Å²) in [5.41, 5.74) is 1.81. The van der Waals surface area contributed by atoms with Gasteiger partial charge in [0.05, 0.1) is 11.2 Å². The molecule has 0 aliphatic rings. The lowest BCUT2D eigenvalue weighted by Gasteiger charge is -2.04. The first kappa shape index (κ1) is 18.3. The van der Waals surface area contributed by atoms with Crippen LogP contribution in [0.15, 0.2) is 48.5 Å². The van der Waals surface area contributed by atoms with Crippen LogP contribution in [0.2, 0.25) is 0 Å². The van der Waals surface area contributed by atoms with Gasteiger partial charge in [0.1, 0.15) is 0 Å². The fourth-order valence-corrected chi connectivity index (χ4v) is 2.68. The van der Waals surface area contributed by atoms with Gasteiger partial charge < -0.3 is 0 Å². The maximum atomic E-state index is 12.1. The van der Waals surface area contributed by atoms with Crippen LogP contribution in [0.1, 0.15) is 21.5 Å². The van der Waals surface area contributed by atoms with Gasteiger partial charge in [-0.2, -0.15) is 0 Å². The molecule has 0 aliphatic heterocycles. The Hall–Kier alpha value is -3.00. The minimum absolute atomic E-state index is 0.00852. The van der Waals surface area contributed by atoms with Crippen molar-refractivity contribution in [3.63, 3.8) is 0 Å². The lowest BCUT2D eigenvalue weighted by molar-refractivity contribution is -0.385. The monoisotopic (exact) mass is 360 g/mol. The second-order valence-electron chi connectivity index (χ2n) is 5.45. The van der Waals surface area contributed by atoms with Gasteiger partial charge in [-0.05, 0) is 42.8 Å². The van der Waals surface area contributed by atoms with Gasteiger partial charge in [0.2, 0.25) is 10.0 Å². The number of allylic oxidation sites excluding steroid dienone is 1. The van der Waals surface area contributed by atoms with Crippen LogP contribution in [0.3, 0.4) is 0 Å². The lowest BCUT2D eigenvalue weighted by atomic mass is 10.1. The topological polar surface area (TPSA) is 106 Å². The molecular formula is C17H16N2O5S. The summed E-state index contributed by atoms with van der Waals surface area (Å²) in [4.78, 5) is 22.6. The molecule has 0 aromatic heterocycles. The van der Waals surface area contributed by atoms with E-state index in [1.165, 1.54) is 42.5 Å². The highest BCUT2D eigenvalue weighted by Gasteiger charge is 2.10. The minimum Gasteiger partial charge on any atom is -0.289 e. The largest absolute Gasteiger partial charge is 0.289 e. The molecule has 0 unspecified atom stereocenters. The summed E-state index contributed by atoms with van der Waals surface area (Å²) in [5, 5.41) is 10.9. The van der Waals surface area contributed by atoms with Gasteiger partial charge in [0.25, 0.3) is 5.69 Å². The van der Waals surface area contributed by atoms with Crippen molar-refractivity contribution in [3.05, 3.63) is 75.3 Å². The predicted octanol–water partition coefficient (Wildman–Crippen LogP) is 3.17. The quantitative estimate of drug-likeness (QED) is 0.368. The highest BCUT2D eigenvalue weighted by molar-refractivity contribution is 7.92. The lowest BCUT2D eigenvalue weighted by Crippen LogP contribution is -2.09. The summed E-state index contributed by atoms with van der Waals surface area (Å²) in [5.74, 6) is -0.297. The number of hydrogen-bond acceptors (Lipinski definition) is 5. The van der Waals surface area contributed by atoms with Crippen molar-refractivity contribution in [2.24, 2.45) is 0 Å². The standard InChI is InChI=1S/C17H16N2O5S/c1-12-3-4-13(11-16(12)19(21)22)5-10-17(20)14-6-8-15(9-7-14)18-25(2,23)24/h3-11,18H,1-2H3. The van der Waals surface area contributed by atoms with E-state index in [4.69, 9.17) is 0 Å². The van der Waals surface area contributed by atoms with Crippen molar-refractivity contribution in [1.29, 1.82) is 0 Å². The Labute approximate surface area is 145 Å². The van der Waals surface area contributed by atoms with Crippen LogP contribution in [-0.2, 0) is 10.0 Å². The van der Waals surface area contributed by atoms with Crippen LogP contribution >= 0.6 is 0 Å². The van der Waals surface area contributed by atoms with Gasteiger partial charge in [-0.1, -0.05) is 18.2 Å². The number of nitro benzene ring substituents is 1. The molecule has 0 amide bonds. The Morgan fingerprint density at radius 2 is 1.80 bits per heavy atom. The third kappa shape index (κ3) is 5.25. The SMILES string of the molecule is Cc1ccc(C=CC(=O)c2ccc(NS(C)(=O)=O)cc2)cc1[N+](=O)[O-]. The number of nitrogens with one attached hydrogen (secondary N) is 1. The van der Waals surface area contributed by atoms with E-state index in [0.29, 0.717) is 22.4 Å². The van der Waals surface area contributed by atoms with Crippen LogP contribution in [0.4, 0.5) is 11.4 Å². The number of rotatable bonds is 6. The number of carbonyl (C=O) groups is 1. The molecule has 0 saturated carbocycles. The molecule has 0 spiro atoms. The van der Waals surface area contributed by atoms with E-state index >= 15 is 0 Å². The molecule has 7 nitrogen and oxygen atoms in total. The van der Waals surface area contributed by atoms with E-state index in [-0.39, 0.29) is 11.5 Å². The Morgan fingerprint density at radius 1 is 1.16 bits per heavy atom. The van der Waals surface area contributed by atoms with Gasteiger partial charge in [0.15, 0.2) is 5.78 Å². The van der Waals surface area contributed by atoms with Gasteiger partial charge >= 0.3 is 0 Å². The summed E-state index contributed by atoms with van der Waals surface area (Å²) >= 11 is 0. The summed E-state index contributed by atoms with van der Waals surface area (Å²) in [7, 11) is -3.38. The molecule has 2 rings (SSSR count). The molecule has 0 atom stereocenters. The first-order valence-corrected chi connectivity index (χ1v) is 9.10. The van der Waals surface area contributed by atoms with E-state index in [1.54, 1.807) is 19.1 Å². The Morgan fingerprint density at radius 3 is 2.36 bits per heavy atom. The third-order valence-electron chi connectivity index (χ3n) is 3.33. The highest BCUT2D eigenvalue weighted by atomic mass is 32.2. The predicted molar refractivity (Wildman–Crippen MR) is 96.1 cm³/mol. The van der Waals surface area contributed by atoms with Crippen LogP contribution in [0, 0.1) is 17.0 Å². The molecule has 0 saturated heterocycles. The van der Waals surface area contributed by atoms with Gasteiger partial charge in [-0.15, -0.1) is 0 Å². The van der Waals surface area contributed by atoms with Crippen molar-refractivity contribution in [3.8, 4) is 0 Å². The Bertz CT molecular complexity index is 948. The molecule has 130 valence electrons.